The lowest BCUT2D eigenvalue weighted by Crippen LogP contribution is -1.97. The summed E-state index contributed by atoms with van der Waals surface area (Å²) in [5.74, 6) is 0. The maximum Gasteiger partial charge on any atom is -0.00336 e. The Hall–Kier alpha value is -2.00. The minimum Gasteiger partial charge on any atom is -0.0696 e. The van der Waals surface area contributed by atoms with Gasteiger partial charge in [-0.15, -0.1) is 0 Å². The fourth-order valence-corrected chi connectivity index (χ4v) is 3.39. The quantitative estimate of drug-likeness (QED) is 0.584. The fourth-order valence-electron chi connectivity index (χ4n) is 3.39. The zero-order chi connectivity index (χ0) is 14.3. The van der Waals surface area contributed by atoms with Crippen molar-refractivity contribution in [1.29, 1.82) is 0 Å². The van der Waals surface area contributed by atoms with Crippen LogP contribution in [0.25, 0.3) is 21.5 Å². The normalized spacial score (nSPS) is 11.0. The van der Waals surface area contributed by atoms with Gasteiger partial charge in [-0.1, -0.05) is 32.0 Å². The first kappa shape index (κ1) is 13.0. The summed E-state index contributed by atoms with van der Waals surface area (Å²) in [4.78, 5) is 0. The summed E-state index contributed by atoms with van der Waals surface area (Å²) in [7, 11) is 0. The second-order valence-electron chi connectivity index (χ2n) is 5.52. The van der Waals surface area contributed by atoms with Gasteiger partial charge in [-0.2, -0.15) is 0 Å². The van der Waals surface area contributed by atoms with Gasteiger partial charge in [-0.25, -0.2) is 0 Å². The zero-order valence-corrected chi connectivity index (χ0v) is 12.7. The van der Waals surface area contributed by atoms with Crippen LogP contribution in [0.15, 0.2) is 24.3 Å². The molecule has 0 radical (unpaired) electrons. The van der Waals surface area contributed by atoms with Crippen LogP contribution >= 0.6 is 0 Å². The van der Waals surface area contributed by atoms with Crippen LogP contribution in [0.4, 0.5) is 0 Å². The number of benzene rings is 2. The highest BCUT2D eigenvalue weighted by molar-refractivity contribution is 6.03. The predicted octanol–water partition coefficient (Wildman–Crippen LogP) is 5.34. The van der Waals surface area contributed by atoms with Gasteiger partial charge in [0, 0.05) is 0 Å². The van der Waals surface area contributed by atoms with E-state index >= 15 is 0 Å². The summed E-state index contributed by atoms with van der Waals surface area (Å²) in [6, 6.07) is 15.0. The summed E-state index contributed by atoms with van der Waals surface area (Å²) in [6.45, 7) is 9.00. The van der Waals surface area contributed by atoms with Gasteiger partial charge in [0.1, 0.15) is 0 Å². The van der Waals surface area contributed by atoms with Crippen LogP contribution in [-0.4, -0.2) is 0 Å². The van der Waals surface area contributed by atoms with Gasteiger partial charge in [-0.05, 0) is 88.7 Å². The highest BCUT2D eigenvalue weighted by atomic mass is 14.2. The molecule has 0 amide bonds. The minimum absolute atomic E-state index is 1.10. The molecule has 0 heterocycles. The summed E-state index contributed by atoms with van der Waals surface area (Å²) in [6.07, 6.45) is 2.21. The van der Waals surface area contributed by atoms with Gasteiger partial charge < -0.3 is 0 Å². The monoisotopic (exact) mass is 260 g/mol. The molecule has 0 N–H and O–H groups in total. The lowest BCUT2D eigenvalue weighted by Gasteiger charge is -2.16. The van der Waals surface area contributed by atoms with Gasteiger partial charge in [0.05, 0.1) is 0 Å². The van der Waals surface area contributed by atoms with Gasteiger partial charge >= 0.3 is 0 Å². The molecule has 0 atom stereocenters. The second kappa shape index (κ2) is 4.84. The highest BCUT2D eigenvalue weighted by Crippen LogP contribution is 2.33. The van der Waals surface area contributed by atoms with Crippen LogP contribution in [0.2, 0.25) is 0 Å². The summed E-state index contributed by atoms with van der Waals surface area (Å²) in [5, 5.41) is 5.34. The summed E-state index contributed by atoms with van der Waals surface area (Å²) < 4.78 is 0. The molecule has 0 aliphatic rings. The Balaban J connectivity index is 2.52. The molecule has 0 saturated heterocycles. The molecule has 0 bridgehead atoms. The molecule has 3 rings (SSSR count). The van der Waals surface area contributed by atoms with E-state index in [-0.39, 0.29) is 0 Å². The Kier molecular flexibility index (Phi) is 3.14. The van der Waals surface area contributed by atoms with Crippen molar-refractivity contribution in [3.63, 3.8) is 0 Å². The van der Waals surface area contributed by atoms with Crippen LogP contribution in [0.3, 0.4) is 0 Å². The van der Waals surface area contributed by atoms with Gasteiger partial charge in [-0.3, -0.25) is 0 Å². The number of aryl methyl sites for hydroxylation is 3. The second-order valence-corrected chi connectivity index (χ2v) is 5.52. The largest absolute Gasteiger partial charge is 0.0696 e. The van der Waals surface area contributed by atoms with Crippen LogP contribution in [0.1, 0.15) is 36.1 Å². The first-order chi connectivity index (χ1) is 9.67. The van der Waals surface area contributed by atoms with E-state index in [9.17, 15) is 0 Å². The minimum atomic E-state index is 1.10. The van der Waals surface area contributed by atoms with Crippen LogP contribution in [0.5, 0.6) is 0 Å². The standard InChI is InChI=1S/C20H20/c1-5-15-11-19-14(4)18-10-8-7-9-16(18)12-20(19)13(3)17(15)6-2/h9-12H,5-6H2,1-4H3. The zero-order valence-electron chi connectivity index (χ0n) is 12.7. The molecule has 0 fully saturated rings. The van der Waals surface area contributed by atoms with Gasteiger partial charge in [0.25, 0.3) is 0 Å². The molecule has 0 aliphatic heterocycles. The third-order valence-corrected chi connectivity index (χ3v) is 4.53. The first-order valence-electron chi connectivity index (χ1n) is 7.43. The molecule has 0 spiro atoms. The Morgan fingerprint density at radius 1 is 0.800 bits per heavy atom. The molecular formula is C20H20. The van der Waals surface area contributed by atoms with Crippen LogP contribution < -0.4 is 0 Å². The Bertz CT molecular complexity index is 794. The SMILES string of the molecule is CCc1cc2c(C)c3cc#ccc3cc2c(C)c1CC. The molecule has 20 heavy (non-hydrogen) atoms. The maximum absolute atomic E-state index is 3.08. The lowest BCUT2D eigenvalue weighted by molar-refractivity contribution is 1.03. The third-order valence-electron chi connectivity index (χ3n) is 4.53. The number of fused-ring (bicyclic) bond motifs is 2. The van der Waals surface area contributed by atoms with Crippen molar-refractivity contribution in [3.05, 3.63) is 58.7 Å². The van der Waals surface area contributed by atoms with Crippen molar-refractivity contribution in [2.75, 3.05) is 0 Å². The fraction of sp³-hybridized carbons (Fsp3) is 0.300. The average molecular weight is 260 g/mol. The molecular weight excluding hydrogens is 240 g/mol. The topological polar surface area (TPSA) is 0 Å². The summed E-state index contributed by atoms with van der Waals surface area (Å²) in [5.41, 5.74) is 5.82. The Labute approximate surface area is 121 Å². The molecule has 3 aromatic rings. The molecule has 0 saturated carbocycles. The van der Waals surface area contributed by atoms with Crippen molar-refractivity contribution in [2.24, 2.45) is 0 Å². The number of rotatable bonds is 2. The van der Waals surface area contributed by atoms with Crippen molar-refractivity contribution >= 4 is 21.5 Å². The molecule has 0 heteroatoms. The molecule has 3 aromatic carbocycles. The van der Waals surface area contributed by atoms with E-state index in [0.717, 1.165) is 12.8 Å². The molecule has 100 valence electrons. The van der Waals surface area contributed by atoms with E-state index in [4.69, 9.17) is 0 Å². The van der Waals surface area contributed by atoms with Crippen LogP contribution in [0, 0.1) is 26.0 Å². The highest BCUT2D eigenvalue weighted by Gasteiger charge is 2.11. The van der Waals surface area contributed by atoms with Gasteiger partial charge in [0.15, 0.2) is 0 Å². The third kappa shape index (κ3) is 1.78. The maximum atomic E-state index is 3.08. The van der Waals surface area contributed by atoms with Crippen molar-refractivity contribution in [3.8, 4) is 0 Å². The van der Waals surface area contributed by atoms with E-state index < -0.39 is 0 Å². The number of hydrogen-bond acceptors (Lipinski definition) is 0. The van der Waals surface area contributed by atoms with Crippen LogP contribution in [-0.2, 0) is 12.8 Å². The first-order valence-corrected chi connectivity index (χ1v) is 7.43. The van der Waals surface area contributed by atoms with E-state index in [1.54, 1.807) is 0 Å². The summed E-state index contributed by atoms with van der Waals surface area (Å²) >= 11 is 0. The van der Waals surface area contributed by atoms with Crippen molar-refractivity contribution in [1.82, 2.24) is 0 Å². The van der Waals surface area contributed by atoms with E-state index in [1.807, 2.05) is 6.07 Å². The van der Waals surface area contributed by atoms with E-state index in [2.05, 4.69) is 58.0 Å². The lowest BCUT2D eigenvalue weighted by atomic mass is 9.88. The Morgan fingerprint density at radius 3 is 2.20 bits per heavy atom. The molecule has 0 unspecified atom stereocenters. The smallest absolute Gasteiger partial charge is 0.00336 e. The molecule has 0 aromatic heterocycles. The van der Waals surface area contributed by atoms with E-state index in [0.29, 0.717) is 0 Å². The average Bonchev–Trinajstić information content (AvgIpc) is 2.48. The van der Waals surface area contributed by atoms with Crippen molar-refractivity contribution < 1.29 is 0 Å². The molecule has 0 nitrogen and oxygen atoms in total. The molecule has 0 aliphatic carbocycles. The van der Waals surface area contributed by atoms with Crippen molar-refractivity contribution in [2.45, 2.75) is 40.5 Å². The Morgan fingerprint density at radius 2 is 1.50 bits per heavy atom. The van der Waals surface area contributed by atoms with E-state index in [1.165, 1.54) is 43.8 Å². The predicted molar refractivity (Wildman–Crippen MR) is 87.4 cm³/mol. The number of hydrogen-bond donors (Lipinski definition) is 0. The van der Waals surface area contributed by atoms with Gasteiger partial charge in [0.2, 0.25) is 0 Å².